The van der Waals surface area contributed by atoms with E-state index in [4.69, 9.17) is 0 Å². The van der Waals surface area contributed by atoms with Gasteiger partial charge in [0, 0.05) is 23.1 Å². The molecule has 0 saturated carbocycles. The molecule has 3 rings (SSSR count). The molecule has 2 amide bonds. The summed E-state index contributed by atoms with van der Waals surface area (Å²) in [6.07, 6.45) is 2.33. The Balaban J connectivity index is 1.90. The summed E-state index contributed by atoms with van der Waals surface area (Å²) in [4.78, 5) is 33.6. The van der Waals surface area contributed by atoms with Gasteiger partial charge in [0.25, 0.3) is 0 Å². The van der Waals surface area contributed by atoms with Crippen LogP contribution < -0.4 is 5.32 Å². The van der Waals surface area contributed by atoms with Gasteiger partial charge in [-0.05, 0) is 24.6 Å². The molecule has 0 bridgehead atoms. The number of imidazole rings is 1. The number of fused-ring (bicyclic) bond motifs is 1. The number of benzene rings is 1. The molecule has 0 aliphatic carbocycles. The zero-order valence-electron chi connectivity index (χ0n) is 14.0. The molecule has 0 unspecified atom stereocenters. The minimum atomic E-state index is -0.719. The Hall–Kier alpha value is -2.35. The lowest BCUT2D eigenvalue weighted by Crippen LogP contribution is -2.50. The summed E-state index contributed by atoms with van der Waals surface area (Å²) >= 11 is 3.43. The summed E-state index contributed by atoms with van der Waals surface area (Å²) in [6, 6.07) is 6.44. The average Bonchev–Trinajstić information content (AvgIpc) is 3.09. The molecule has 0 saturated heterocycles. The quantitative estimate of drug-likeness (QED) is 0.765. The van der Waals surface area contributed by atoms with Gasteiger partial charge in [-0.2, -0.15) is 0 Å². The molecule has 7 nitrogen and oxygen atoms in total. The van der Waals surface area contributed by atoms with Gasteiger partial charge in [-0.15, -0.1) is 0 Å². The van der Waals surface area contributed by atoms with Crippen molar-refractivity contribution < 1.29 is 14.3 Å². The highest BCUT2D eigenvalue weighted by molar-refractivity contribution is 9.10. The minimum Gasteiger partial charge on any atom is -0.467 e. The van der Waals surface area contributed by atoms with E-state index >= 15 is 0 Å². The fourth-order valence-corrected chi connectivity index (χ4v) is 3.25. The van der Waals surface area contributed by atoms with E-state index in [1.807, 2.05) is 24.3 Å². The van der Waals surface area contributed by atoms with Crippen LogP contribution in [0.3, 0.4) is 0 Å². The fraction of sp³-hybridized carbons (Fsp3) is 0.353. The fourth-order valence-electron chi connectivity index (χ4n) is 2.98. The maximum atomic E-state index is 12.8. The second-order valence-corrected chi connectivity index (χ2v) is 6.77. The number of aromatic nitrogens is 2. The van der Waals surface area contributed by atoms with Crippen molar-refractivity contribution in [1.82, 2.24) is 20.2 Å². The van der Waals surface area contributed by atoms with Crippen LogP contribution in [0.25, 0.3) is 0 Å². The van der Waals surface area contributed by atoms with Gasteiger partial charge in [-0.3, -0.25) is 0 Å². The van der Waals surface area contributed by atoms with Crippen LogP contribution in [0, 0.1) is 0 Å². The first-order chi connectivity index (χ1) is 12.0. The van der Waals surface area contributed by atoms with E-state index in [-0.39, 0.29) is 12.1 Å². The molecule has 1 aromatic heterocycles. The molecule has 2 N–H and O–H groups in total. The van der Waals surface area contributed by atoms with Gasteiger partial charge in [0.15, 0.2) is 0 Å². The number of urea groups is 1. The molecular weight excluding hydrogens is 388 g/mol. The molecule has 2 aromatic rings. The molecule has 25 heavy (non-hydrogen) atoms. The second-order valence-electron chi connectivity index (χ2n) is 5.86. The molecule has 2 heterocycles. The Morgan fingerprint density at radius 3 is 2.80 bits per heavy atom. The smallest absolute Gasteiger partial charge is 0.328 e. The molecule has 0 radical (unpaired) electrons. The van der Waals surface area contributed by atoms with E-state index in [1.165, 1.54) is 7.11 Å². The number of nitrogens with zero attached hydrogens (tertiary/aromatic N) is 2. The molecule has 1 aromatic carbocycles. The monoisotopic (exact) mass is 406 g/mol. The van der Waals surface area contributed by atoms with Crippen LogP contribution in [-0.4, -0.2) is 46.6 Å². The van der Waals surface area contributed by atoms with Crippen molar-refractivity contribution in [2.45, 2.75) is 25.4 Å². The van der Waals surface area contributed by atoms with Crippen LogP contribution in [-0.2, 0) is 16.0 Å². The number of amides is 2. The predicted molar refractivity (Wildman–Crippen MR) is 95.0 cm³/mol. The summed E-state index contributed by atoms with van der Waals surface area (Å²) in [6.45, 7) is 2.12. The van der Waals surface area contributed by atoms with Crippen LogP contribution >= 0.6 is 15.9 Å². The van der Waals surface area contributed by atoms with Gasteiger partial charge in [0.05, 0.1) is 19.1 Å². The van der Waals surface area contributed by atoms with Crippen molar-refractivity contribution in [3.63, 3.8) is 0 Å². The highest BCUT2D eigenvalue weighted by Gasteiger charge is 2.35. The van der Waals surface area contributed by atoms with Crippen molar-refractivity contribution in [2.24, 2.45) is 0 Å². The summed E-state index contributed by atoms with van der Waals surface area (Å²) in [5, 5.41) is 2.70. The van der Waals surface area contributed by atoms with Gasteiger partial charge in [-0.25, -0.2) is 14.6 Å². The largest absolute Gasteiger partial charge is 0.467 e. The van der Waals surface area contributed by atoms with Crippen LogP contribution in [0.15, 0.2) is 35.1 Å². The van der Waals surface area contributed by atoms with Crippen LogP contribution in [0.5, 0.6) is 0 Å². The maximum absolute atomic E-state index is 12.8. The van der Waals surface area contributed by atoms with E-state index < -0.39 is 12.0 Å². The van der Waals surface area contributed by atoms with Crippen molar-refractivity contribution in [3.8, 4) is 0 Å². The Morgan fingerprint density at radius 1 is 1.40 bits per heavy atom. The number of esters is 1. The standard InChI is InChI=1S/C17H19BrN4O3/c1-10(16(23)25-2)21-17(24)22-8-7-13-14(20-9-19-13)15(22)11-3-5-12(18)6-4-11/h3-6,9-10,15H,7-8H2,1-2H3,(H,19,20)(H,21,24)/t10-,15-/m1/s1. The molecule has 8 heteroatoms. The number of methoxy groups -OCH3 is 1. The highest BCUT2D eigenvalue weighted by Crippen LogP contribution is 2.33. The lowest BCUT2D eigenvalue weighted by atomic mass is 9.96. The summed E-state index contributed by atoms with van der Waals surface area (Å²) in [5.74, 6) is -0.481. The number of aromatic amines is 1. The molecule has 132 valence electrons. The Labute approximate surface area is 153 Å². The number of rotatable bonds is 3. The SMILES string of the molecule is COC(=O)[C@@H](C)NC(=O)N1CCc2[nH]cnc2[C@H]1c1ccc(Br)cc1. The predicted octanol–water partition coefficient (Wildman–Crippen LogP) is 2.39. The molecule has 1 aliphatic heterocycles. The Morgan fingerprint density at radius 2 is 2.12 bits per heavy atom. The van der Waals surface area contributed by atoms with Gasteiger partial charge < -0.3 is 19.9 Å². The van der Waals surface area contributed by atoms with E-state index in [1.54, 1.807) is 18.2 Å². The van der Waals surface area contributed by atoms with Gasteiger partial charge in [-0.1, -0.05) is 28.1 Å². The first-order valence-electron chi connectivity index (χ1n) is 7.94. The van der Waals surface area contributed by atoms with E-state index in [0.29, 0.717) is 13.0 Å². The number of halogens is 1. The van der Waals surface area contributed by atoms with Crippen molar-refractivity contribution >= 4 is 27.9 Å². The average molecular weight is 407 g/mol. The number of nitrogens with one attached hydrogen (secondary N) is 2. The summed E-state index contributed by atoms with van der Waals surface area (Å²) in [5.41, 5.74) is 2.81. The van der Waals surface area contributed by atoms with Crippen LogP contribution in [0.2, 0.25) is 0 Å². The summed E-state index contributed by atoms with van der Waals surface area (Å²) < 4.78 is 5.64. The Kier molecular flexibility index (Phi) is 5.08. The first-order valence-corrected chi connectivity index (χ1v) is 8.73. The van der Waals surface area contributed by atoms with Crippen molar-refractivity contribution in [2.75, 3.05) is 13.7 Å². The van der Waals surface area contributed by atoms with Gasteiger partial charge in [0.1, 0.15) is 12.1 Å². The lowest BCUT2D eigenvalue weighted by Gasteiger charge is -2.35. The Bertz CT molecular complexity index is 774. The summed E-state index contributed by atoms with van der Waals surface area (Å²) in [7, 11) is 1.30. The third-order valence-electron chi connectivity index (χ3n) is 4.27. The molecule has 0 spiro atoms. The molecule has 2 atom stereocenters. The normalized spacial score (nSPS) is 17.6. The van der Waals surface area contributed by atoms with Gasteiger partial charge >= 0.3 is 12.0 Å². The maximum Gasteiger partial charge on any atom is 0.328 e. The van der Waals surface area contributed by atoms with E-state index in [9.17, 15) is 9.59 Å². The number of ether oxygens (including phenoxy) is 1. The number of carbonyl (C=O) groups excluding carboxylic acids is 2. The number of hydrogen-bond donors (Lipinski definition) is 2. The third-order valence-corrected chi connectivity index (χ3v) is 4.79. The number of carbonyl (C=O) groups is 2. The lowest BCUT2D eigenvalue weighted by molar-refractivity contribution is -0.142. The van der Waals surface area contributed by atoms with Gasteiger partial charge in [0.2, 0.25) is 0 Å². The minimum absolute atomic E-state index is 0.312. The molecular formula is C17H19BrN4O3. The van der Waals surface area contributed by atoms with Crippen molar-refractivity contribution in [1.29, 1.82) is 0 Å². The zero-order chi connectivity index (χ0) is 18.0. The second kappa shape index (κ2) is 7.26. The topological polar surface area (TPSA) is 87.3 Å². The molecule has 0 fully saturated rings. The first kappa shape index (κ1) is 17.5. The zero-order valence-corrected chi connectivity index (χ0v) is 15.5. The third kappa shape index (κ3) is 3.53. The van der Waals surface area contributed by atoms with Crippen molar-refractivity contribution in [3.05, 3.63) is 52.0 Å². The van der Waals surface area contributed by atoms with Crippen LogP contribution in [0.4, 0.5) is 4.79 Å². The van der Waals surface area contributed by atoms with E-state index in [2.05, 4.69) is 36.0 Å². The van der Waals surface area contributed by atoms with Crippen LogP contribution in [0.1, 0.15) is 29.9 Å². The van der Waals surface area contributed by atoms with E-state index in [0.717, 1.165) is 21.4 Å². The number of hydrogen-bond acceptors (Lipinski definition) is 4. The highest BCUT2D eigenvalue weighted by atomic mass is 79.9. The number of H-pyrrole nitrogens is 1. The molecule has 1 aliphatic rings.